The molecule has 134 valence electrons. The molecule has 0 spiro atoms. The van der Waals surface area contributed by atoms with Gasteiger partial charge >= 0.3 is 5.97 Å². The number of benzene rings is 2. The molecule has 0 aliphatic carbocycles. The Bertz CT molecular complexity index is 994. The van der Waals surface area contributed by atoms with Crippen LogP contribution in [0.5, 0.6) is 0 Å². The van der Waals surface area contributed by atoms with Crippen LogP contribution in [0.2, 0.25) is 5.02 Å². The van der Waals surface area contributed by atoms with Crippen molar-refractivity contribution in [3.8, 4) is 0 Å². The Morgan fingerprint density at radius 3 is 2.42 bits per heavy atom. The fourth-order valence-electron chi connectivity index (χ4n) is 2.65. The second kappa shape index (κ2) is 7.70. The van der Waals surface area contributed by atoms with Gasteiger partial charge in [0, 0.05) is 17.0 Å². The van der Waals surface area contributed by atoms with Gasteiger partial charge in [0.05, 0.1) is 5.39 Å². The first-order chi connectivity index (χ1) is 12.5. The van der Waals surface area contributed by atoms with Gasteiger partial charge in [0.15, 0.2) is 5.69 Å². The first-order valence-corrected chi connectivity index (χ1v) is 8.75. The molecule has 0 saturated carbocycles. The van der Waals surface area contributed by atoms with Crippen molar-refractivity contribution in [1.29, 1.82) is 0 Å². The lowest BCUT2D eigenvalue weighted by Crippen LogP contribution is -2.28. The highest BCUT2D eigenvalue weighted by molar-refractivity contribution is 6.30. The van der Waals surface area contributed by atoms with Gasteiger partial charge in [0.25, 0.3) is 5.56 Å². The van der Waals surface area contributed by atoms with Crippen molar-refractivity contribution < 1.29 is 9.53 Å². The molecule has 0 saturated heterocycles. The number of esters is 1. The summed E-state index contributed by atoms with van der Waals surface area (Å²) in [6.07, 6.45) is 0. The summed E-state index contributed by atoms with van der Waals surface area (Å²) in [6, 6.07) is 14.0. The van der Waals surface area contributed by atoms with Gasteiger partial charge in [-0.3, -0.25) is 4.79 Å². The van der Waals surface area contributed by atoms with Crippen molar-refractivity contribution in [3.05, 3.63) is 75.2 Å². The molecule has 1 aromatic heterocycles. The van der Waals surface area contributed by atoms with Crippen molar-refractivity contribution in [2.75, 3.05) is 0 Å². The largest absolute Gasteiger partial charge is 0.456 e. The van der Waals surface area contributed by atoms with E-state index >= 15 is 0 Å². The van der Waals surface area contributed by atoms with Crippen molar-refractivity contribution in [2.24, 2.45) is 5.92 Å². The predicted octanol–water partition coefficient (Wildman–Crippen LogP) is 4.06. The highest BCUT2D eigenvalue weighted by Gasteiger charge is 2.18. The van der Waals surface area contributed by atoms with Crippen LogP contribution in [-0.4, -0.2) is 15.7 Å². The average molecular weight is 371 g/mol. The van der Waals surface area contributed by atoms with Crippen LogP contribution >= 0.6 is 11.6 Å². The number of rotatable bonds is 5. The third-order valence-corrected chi connectivity index (χ3v) is 4.13. The van der Waals surface area contributed by atoms with Crippen LogP contribution in [0, 0.1) is 5.92 Å². The third kappa shape index (κ3) is 3.94. The van der Waals surface area contributed by atoms with Gasteiger partial charge < -0.3 is 4.74 Å². The van der Waals surface area contributed by atoms with E-state index in [4.69, 9.17) is 16.3 Å². The SMILES string of the molecule is CC(C)Cn1nc(C(=O)OCc2ccc(Cl)cc2)c2ccccc2c1=O. The van der Waals surface area contributed by atoms with E-state index in [0.717, 1.165) is 5.56 Å². The van der Waals surface area contributed by atoms with Gasteiger partial charge in [-0.15, -0.1) is 0 Å². The Morgan fingerprint density at radius 1 is 1.12 bits per heavy atom. The van der Waals surface area contributed by atoms with E-state index in [2.05, 4.69) is 5.10 Å². The molecular weight excluding hydrogens is 352 g/mol. The number of carbonyl (C=O) groups is 1. The summed E-state index contributed by atoms with van der Waals surface area (Å²) >= 11 is 5.86. The maximum Gasteiger partial charge on any atom is 0.359 e. The highest BCUT2D eigenvalue weighted by atomic mass is 35.5. The molecule has 0 atom stereocenters. The van der Waals surface area contributed by atoms with E-state index in [1.165, 1.54) is 4.68 Å². The molecule has 0 fully saturated rings. The molecule has 3 rings (SSSR count). The number of fused-ring (bicyclic) bond motifs is 1. The van der Waals surface area contributed by atoms with Crippen LogP contribution in [0.25, 0.3) is 10.8 Å². The van der Waals surface area contributed by atoms with Crippen LogP contribution < -0.4 is 5.56 Å². The molecule has 6 heteroatoms. The summed E-state index contributed by atoms with van der Waals surface area (Å²) in [7, 11) is 0. The zero-order valence-electron chi connectivity index (χ0n) is 14.6. The zero-order chi connectivity index (χ0) is 18.7. The molecule has 26 heavy (non-hydrogen) atoms. The predicted molar refractivity (Wildman–Crippen MR) is 101 cm³/mol. The highest BCUT2D eigenvalue weighted by Crippen LogP contribution is 2.16. The molecule has 5 nitrogen and oxygen atoms in total. The minimum atomic E-state index is -0.561. The first kappa shape index (κ1) is 18.1. The van der Waals surface area contributed by atoms with Crippen LogP contribution in [-0.2, 0) is 17.9 Å². The number of aromatic nitrogens is 2. The van der Waals surface area contributed by atoms with Crippen molar-refractivity contribution in [2.45, 2.75) is 27.0 Å². The van der Waals surface area contributed by atoms with Gasteiger partial charge in [-0.25, -0.2) is 9.48 Å². The molecule has 1 heterocycles. The minimum absolute atomic E-state index is 0.106. The smallest absolute Gasteiger partial charge is 0.359 e. The van der Waals surface area contributed by atoms with Crippen molar-refractivity contribution in [3.63, 3.8) is 0 Å². The fraction of sp³-hybridized carbons (Fsp3) is 0.250. The summed E-state index contributed by atoms with van der Waals surface area (Å²) in [6.45, 7) is 4.51. The maximum absolute atomic E-state index is 12.6. The Kier molecular flexibility index (Phi) is 5.38. The molecule has 0 aliphatic rings. The number of hydrogen-bond acceptors (Lipinski definition) is 4. The van der Waals surface area contributed by atoms with Gasteiger partial charge in [-0.1, -0.05) is 55.8 Å². The lowest BCUT2D eigenvalue weighted by atomic mass is 10.1. The van der Waals surface area contributed by atoms with Gasteiger partial charge in [-0.2, -0.15) is 5.10 Å². The molecule has 0 radical (unpaired) electrons. The number of hydrogen-bond donors (Lipinski definition) is 0. The molecule has 0 N–H and O–H groups in total. The molecule has 0 unspecified atom stereocenters. The summed E-state index contributed by atoms with van der Waals surface area (Å²) in [4.78, 5) is 25.2. The Labute approximate surface area is 156 Å². The van der Waals surface area contributed by atoms with Crippen molar-refractivity contribution in [1.82, 2.24) is 9.78 Å². The number of carbonyl (C=O) groups excluding carboxylic acids is 1. The van der Waals surface area contributed by atoms with E-state index in [-0.39, 0.29) is 23.8 Å². The summed E-state index contributed by atoms with van der Waals surface area (Å²) in [5.41, 5.74) is 0.765. The number of halogens is 1. The normalized spacial score (nSPS) is 11.1. The second-order valence-corrected chi connectivity index (χ2v) is 6.91. The topological polar surface area (TPSA) is 61.2 Å². The van der Waals surface area contributed by atoms with E-state index in [1.54, 1.807) is 48.5 Å². The summed E-state index contributed by atoms with van der Waals surface area (Å²) in [5, 5.41) is 5.85. The van der Waals surface area contributed by atoms with Crippen LogP contribution in [0.15, 0.2) is 53.3 Å². The standard InChI is InChI=1S/C20H19ClN2O3/c1-13(2)11-23-19(24)17-6-4-3-5-16(17)18(22-23)20(25)26-12-14-7-9-15(21)10-8-14/h3-10,13H,11-12H2,1-2H3. The molecule has 3 aromatic rings. The average Bonchev–Trinajstić information content (AvgIpc) is 2.63. The molecule has 2 aromatic carbocycles. The Balaban J connectivity index is 1.94. The van der Waals surface area contributed by atoms with Gasteiger partial charge in [0.1, 0.15) is 6.61 Å². The van der Waals surface area contributed by atoms with Gasteiger partial charge in [0.2, 0.25) is 0 Å². The number of nitrogens with zero attached hydrogens (tertiary/aromatic N) is 2. The summed E-state index contributed by atoms with van der Waals surface area (Å²) in [5.74, 6) is -0.340. The quantitative estimate of drug-likeness (QED) is 0.635. The maximum atomic E-state index is 12.6. The van der Waals surface area contributed by atoms with E-state index < -0.39 is 5.97 Å². The van der Waals surface area contributed by atoms with E-state index in [9.17, 15) is 9.59 Å². The number of ether oxygens (including phenoxy) is 1. The van der Waals surface area contributed by atoms with Crippen molar-refractivity contribution >= 4 is 28.3 Å². The molecule has 0 aliphatic heterocycles. The van der Waals surface area contributed by atoms with Crippen LogP contribution in [0.1, 0.15) is 29.9 Å². The zero-order valence-corrected chi connectivity index (χ0v) is 15.4. The lowest BCUT2D eigenvalue weighted by Gasteiger charge is -2.12. The van der Waals surface area contributed by atoms with E-state index in [0.29, 0.717) is 22.3 Å². The molecule has 0 amide bonds. The van der Waals surface area contributed by atoms with Crippen LogP contribution in [0.3, 0.4) is 0 Å². The Morgan fingerprint density at radius 2 is 1.77 bits per heavy atom. The summed E-state index contributed by atoms with van der Waals surface area (Å²) < 4.78 is 6.74. The molecule has 0 bridgehead atoms. The van der Waals surface area contributed by atoms with E-state index in [1.807, 2.05) is 13.8 Å². The Hall–Kier alpha value is -2.66. The monoisotopic (exact) mass is 370 g/mol. The first-order valence-electron chi connectivity index (χ1n) is 8.37. The minimum Gasteiger partial charge on any atom is -0.456 e. The third-order valence-electron chi connectivity index (χ3n) is 3.88. The molecular formula is C20H19ClN2O3. The fourth-order valence-corrected chi connectivity index (χ4v) is 2.78. The van der Waals surface area contributed by atoms with Crippen LogP contribution in [0.4, 0.5) is 0 Å². The lowest BCUT2D eigenvalue weighted by molar-refractivity contribution is 0.0465. The van der Waals surface area contributed by atoms with Gasteiger partial charge in [-0.05, 0) is 29.7 Å². The second-order valence-electron chi connectivity index (χ2n) is 6.48.